The Morgan fingerprint density at radius 3 is 1.92 bits per heavy atom. The topological polar surface area (TPSA) is 65.0 Å². The van der Waals surface area contributed by atoms with E-state index in [0.717, 1.165) is 84.5 Å². The van der Waals surface area contributed by atoms with Crippen LogP contribution in [0.4, 0.5) is 0 Å². The number of benzene rings is 9. The number of aryl methyl sites for hydroxylation is 1. The molecule has 0 radical (unpaired) electrons. The molecule has 1 aliphatic rings. The van der Waals surface area contributed by atoms with E-state index in [4.69, 9.17) is 23.8 Å². The summed E-state index contributed by atoms with van der Waals surface area (Å²) in [4.78, 5) is 15.9. The molecule has 0 saturated heterocycles. The molecular weight excluding hydrogens is 735 g/mol. The van der Waals surface area contributed by atoms with Gasteiger partial charge in [0.2, 0.25) is 0 Å². The zero-order valence-corrected chi connectivity index (χ0v) is 32.3. The maximum atomic E-state index is 6.83. The highest BCUT2D eigenvalue weighted by Gasteiger charge is 2.22. The molecule has 0 unspecified atom stereocenters. The normalized spacial score (nSPS) is 12.8. The average Bonchev–Trinajstić information content (AvgIpc) is 3.90. The van der Waals surface area contributed by atoms with Gasteiger partial charge >= 0.3 is 0 Å². The van der Waals surface area contributed by atoms with Crippen LogP contribution in [0.15, 0.2) is 179 Å². The molecule has 1 aliphatic carbocycles. The van der Waals surface area contributed by atoms with Crippen LogP contribution in [0.3, 0.4) is 0 Å². The maximum absolute atomic E-state index is 6.83. The fraction of sp³-hybridized carbons (Fsp3) is 0.0364. The fourth-order valence-electron chi connectivity index (χ4n) is 9.51. The van der Waals surface area contributed by atoms with Crippen molar-refractivity contribution < 1.29 is 8.83 Å². The van der Waals surface area contributed by atoms with Crippen molar-refractivity contribution in [1.29, 1.82) is 0 Å². The highest BCUT2D eigenvalue weighted by atomic mass is 16.3. The molecule has 13 rings (SSSR count). The molecule has 0 spiro atoms. The molecule has 5 nitrogen and oxygen atoms in total. The van der Waals surface area contributed by atoms with E-state index in [-0.39, 0.29) is 0 Å². The molecular formula is C55H33N3O2. The molecule has 0 N–H and O–H groups in total. The van der Waals surface area contributed by atoms with E-state index in [0.29, 0.717) is 17.5 Å². The molecule has 0 atom stereocenters. The SMILES string of the molecule is C1=Cc2ccc3ccc(-c4nc(-c5cccc6c5oc5ccccc56)nc(-c5cccc6oc7c(-c8ccc9ccc%10ccccc%10c9c8)cccc7c56)n4)cc3c2CC1. The summed E-state index contributed by atoms with van der Waals surface area (Å²) in [5.41, 5.74) is 10.6. The van der Waals surface area contributed by atoms with E-state index in [9.17, 15) is 0 Å². The molecule has 0 saturated carbocycles. The number of nitrogens with zero attached hydrogens (tertiary/aromatic N) is 3. The summed E-state index contributed by atoms with van der Waals surface area (Å²) in [5.74, 6) is 1.71. The van der Waals surface area contributed by atoms with Crippen LogP contribution in [-0.4, -0.2) is 15.0 Å². The lowest BCUT2D eigenvalue weighted by atomic mass is 9.91. The molecule has 9 aromatic carbocycles. The Morgan fingerprint density at radius 1 is 0.400 bits per heavy atom. The van der Waals surface area contributed by atoms with Crippen LogP contribution in [0.5, 0.6) is 0 Å². The van der Waals surface area contributed by atoms with Gasteiger partial charge in [-0.15, -0.1) is 0 Å². The largest absolute Gasteiger partial charge is 0.455 e. The third-order valence-electron chi connectivity index (χ3n) is 12.4. The second-order valence-corrected chi connectivity index (χ2v) is 15.8. The minimum Gasteiger partial charge on any atom is -0.455 e. The molecule has 5 heteroatoms. The summed E-state index contributed by atoms with van der Waals surface area (Å²) in [6, 6.07) is 57.6. The first kappa shape index (κ1) is 33.1. The number of fused-ring (bicyclic) bond motifs is 12. The number of allylic oxidation sites excluding steroid dienone is 1. The summed E-state index contributed by atoms with van der Waals surface area (Å²) < 4.78 is 13.4. The first-order chi connectivity index (χ1) is 29.7. The number of para-hydroxylation sites is 3. The quantitative estimate of drug-likeness (QED) is 0.167. The van der Waals surface area contributed by atoms with Gasteiger partial charge in [-0.25, -0.2) is 15.0 Å². The Kier molecular flexibility index (Phi) is 7.07. The zero-order valence-electron chi connectivity index (χ0n) is 32.3. The van der Waals surface area contributed by atoms with E-state index in [1.807, 2.05) is 36.4 Å². The number of hydrogen-bond donors (Lipinski definition) is 0. The second kappa shape index (κ2) is 12.8. The lowest BCUT2D eigenvalue weighted by molar-refractivity contribution is 0.669. The van der Waals surface area contributed by atoms with Gasteiger partial charge in [0.15, 0.2) is 17.5 Å². The Bertz CT molecular complexity index is 3800. The van der Waals surface area contributed by atoms with E-state index < -0.39 is 0 Å². The molecule has 3 aromatic heterocycles. The lowest BCUT2D eigenvalue weighted by Gasteiger charge is -2.15. The summed E-state index contributed by atoms with van der Waals surface area (Å²) in [7, 11) is 0. The smallest absolute Gasteiger partial charge is 0.167 e. The van der Waals surface area contributed by atoms with Gasteiger partial charge in [-0.05, 0) is 92.2 Å². The van der Waals surface area contributed by atoms with Gasteiger partial charge in [-0.1, -0.05) is 146 Å². The van der Waals surface area contributed by atoms with Crippen LogP contribution in [0.2, 0.25) is 0 Å². The van der Waals surface area contributed by atoms with Gasteiger partial charge in [-0.3, -0.25) is 0 Å². The Labute approximate surface area is 343 Å². The molecule has 0 aliphatic heterocycles. The number of furan rings is 2. The highest BCUT2D eigenvalue weighted by molar-refractivity contribution is 6.16. The molecule has 280 valence electrons. The van der Waals surface area contributed by atoms with Crippen molar-refractivity contribution in [2.24, 2.45) is 0 Å². The van der Waals surface area contributed by atoms with Crippen LogP contribution in [0, 0.1) is 0 Å². The summed E-state index contributed by atoms with van der Waals surface area (Å²) in [6.45, 7) is 0. The molecule has 3 heterocycles. The predicted octanol–water partition coefficient (Wildman–Crippen LogP) is 14.8. The summed E-state index contributed by atoms with van der Waals surface area (Å²) >= 11 is 0. The Hall–Kier alpha value is -7.89. The molecule has 0 fully saturated rings. The first-order valence-electron chi connectivity index (χ1n) is 20.5. The molecule has 0 bridgehead atoms. The van der Waals surface area contributed by atoms with Crippen LogP contribution in [0.25, 0.3) is 128 Å². The summed E-state index contributed by atoms with van der Waals surface area (Å²) in [5, 5.41) is 11.4. The van der Waals surface area contributed by atoms with Crippen LogP contribution >= 0.6 is 0 Å². The highest BCUT2D eigenvalue weighted by Crippen LogP contribution is 2.42. The molecule has 60 heavy (non-hydrogen) atoms. The Morgan fingerprint density at radius 2 is 1.00 bits per heavy atom. The predicted molar refractivity (Wildman–Crippen MR) is 246 cm³/mol. The van der Waals surface area contributed by atoms with Gasteiger partial charge in [0, 0.05) is 38.2 Å². The summed E-state index contributed by atoms with van der Waals surface area (Å²) in [6.07, 6.45) is 6.52. The van der Waals surface area contributed by atoms with Crippen molar-refractivity contribution in [3.05, 3.63) is 181 Å². The van der Waals surface area contributed by atoms with Crippen LogP contribution < -0.4 is 0 Å². The second-order valence-electron chi connectivity index (χ2n) is 15.8. The minimum absolute atomic E-state index is 0.548. The minimum atomic E-state index is 0.548. The van der Waals surface area contributed by atoms with E-state index in [1.165, 1.54) is 43.4 Å². The van der Waals surface area contributed by atoms with Gasteiger partial charge in [0.05, 0.1) is 5.56 Å². The van der Waals surface area contributed by atoms with E-state index in [2.05, 4.69) is 140 Å². The average molecular weight is 768 g/mol. The third kappa shape index (κ3) is 5.02. The number of rotatable bonds is 4. The monoisotopic (exact) mass is 767 g/mol. The lowest BCUT2D eigenvalue weighted by Crippen LogP contribution is -2.01. The molecule has 12 aromatic rings. The third-order valence-corrected chi connectivity index (χ3v) is 12.4. The van der Waals surface area contributed by atoms with Gasteiger partial charge < -0.3 is 8.83 Å². The van der Waals surface area contributed by atoms with Gasteiger partial charge in [-0.2, -0.15) is 0 Å². The number of aromatic nitrogens is 3. The fourth-order valence-corrected chi connectivity index (χ4v) is 9.51. The van der Waals surface area contributed by atoms with Gasteiger partial charge in [0.1, 0.15) is 22.3 Å². The first-order valence-corrected chi connectivity index (χ1v) is 20.5. The van der Waals surface area contributed by atoms with Crippen LogP contribution in [-0.2, 0) is 6.42 Å². The van der Waals surface area contributed by atoms with Crippen molar-refractivity contribution in [2.45, 2.75) is 12.8 Å². The maximum Gasteiger partial charge on any atom is 0.167 e. The number of hydrogen-bond acceptors (Lipinski definition) is 5. The standard InChI is InChI=1S/C55H33N3O2/c1-3-12-38-32(10-1)22-24-34-26-28-36(30-46(34)38)40-15-7-17-43-50-44(18-9-21-49(50)60-51(40)43)54-56-53(37-29-27-35-25-23-33-11-2-4-13-39(33)47(35)31-37)57-55(58-54)45-19-8-16-42-41-14-5-6-20-48(41)59-52(42)45/h1-3,5-12,14-31H,4,13H2. The van der Waals surface area contributed by atoms with Crippen molar-refractivity contribution in [3.63, 3.8) is 0 Å². The van der Waals surface area contributed by atoms with E-state index in [1.54, 1.807) is 0 Å². The van der Waals surface area contributed by atoms with Gasteiger partial charge in [0.25, 0.3) is 0 Å². The van der Waals surface area contributed by atoms with Crippen molar-refractivity contribution in [2.75, 3.05) is 0 Å². The molecule has 0 amide bonds. The zero-order chi connectivity index (χ0) is 39.3. The van der Waals surface area contributed by atoms with Crippen molar-refractivity contribution in [3.8, 4) is 45.3 Å². The van der Waals surface area contributed by atoms with Crippen molar-refractivity contribution in [1.82, 2.24) is 15.0 Å². The van der Waals surface area contributed by atoms with Crippen molar-refractivity contribution >= 4 is 82.3 Å². The van der Waals surface area contributed by atoms with E-state index >= 15 is 0 Å². The van der Waals surface area contributed by atoms with Crippen LogP contribution in [0.1, 0.15) is 17.5 Å². The Balaban J connectivity index is 1.04.